The Hall–Kier alpha value is -0.690. The molecule has 24 heavy (non-hydrogen) atoms. The third-order valence-corrected chi connectivity index (χ3v) is 6.26. The molecule has 0 N–H and O–H groups in total. The molecule has 4 fully saturated rings. The third kappa shape index (κ3) is 2.87. The number of piperazine rings is 1. The lowest BCUT2D eigenvalue weighted by Crippen LogP contribution is -2.82. The van der Waals surface area contributed by atoms with Crippen molar-refractivity contribution < 1.29 is 14.3 Å². The first kappa shape index (κ1) is 16.8. The van der Waals surface area contributed by atoms with Gasteiger partial charge < -0.3 is 14.4 Å². The molecule has 6 heteroatoms. The van der Waals surface area contributed by atoms with E-state index in [1.54, 1.807) is 0 Å². The van der Waals surface area contributed by atoms with Gasteiger partial charge in [-0.25, -0.2) is 0 Å². The summed E-state index contributed by atoms with van der Waals surface area (Å²) in [7, 11) is 0. The van der Waals surface area contributed by atoms with Crippen molar-refractivity contribution in [3.05, 3.63) is 0 Å². The molecule has 0 saturated carbocycles. The molecule has 1 unspecified atom stereocenters. The fourth-order valence-electron chi connectivity index (χ4n) is 5.03. The maximum absolute atomic E-state index is 12.6. The summed E-state index contributed by atoms with van der Waals surface area (Å²) < 4.78 is 11.2. The lowest BCUT2D eigenvalue weighted by Gasteiger charge is -2.65. The quantitative estimate of drug-likeness (QED) is 0.731. The number of hydrogen-bond donors (Lipinski definition) is 0. The minimum atomic E-state index is 0.0739. The summed E-state index contributed by atoms with van der Waals surface area (Å²) in [5, 5.41) is 0. The fourth-order valence-corrected chi connectivity index (χ4v) is 5.03. The van der Waals surface area contributed by atoms with Crippen LogP contribution in [0.15, 0.2) is 0 Å². The van der Waals surface area contributed by atoms with Gasteiger partial charge in [0, 0.05) is 57.9 Å². The highest BCUT2D eigenvalue weighted by Crippen LogP contribution is 2.38. The van der Waals surface area contributed by atoms with E-state index in [-0.39, 0.29) is 11.5 Å². The van der Waals surface area contributed by atoms with Crippen molar-refractivity contribution in [2.45, 2.75) is 44.3 Å². The number of amides is 1. The van der Waals surface area contributed by atoms with E-state index in [2.05, 4.69) is 14.7 Å². The molecular formula is C18H31N3O3. The van der Waals surface area contributed by atoms with Crippen molar-refractivity contribution in [2.75, 3.05) is 59.2 Å². The van der Waals surface area contributed by atoms with E-state index < -0.39 is 0 Å². The van der Waals surface area contributed by atoms with Crippen molar-refractivity contribution in [2.24, 2.45) is 5.92 Å². The molecule has 0 aromatic rings. The summed E-state index contributed by atoms with van der Waals surface area (Å²) in [6.07, 6.45) is 2.30. The molecule has 4 saturated heterocycles. The molecular weight excluding hydrogens is 306 g/mol. The van der Waals surface area contributed by atoms with E-state index in [9.17, 15) is 4.79 Å². The minimum absolute atomic E-state index is 0.0739. The van der Waals surface area contributed by atoms with Crippen molar-refractivity contribution >= 4 is 5.91 Å². The highest BCUT2D eigenvalue weighted by atomic mass is 16.5. The van der Waals surface area contributed by atoms with Gasteiger partial charge in [-0.2, -0.15) is 0 Å². The first-order valence-corrected chi connectivity index (χ1v) is 9.54. The number of carbonyl (C=O) groups excluding carboxylic acids is 1. The molecule has 6 nitrogen and oxygen atoms in total. The molecule has 1 atom stereocenters. The topological polar surface area (TPSA) is 45.2 Å². The summed E-state index contributed by atoms with van der Waals surface area (Å²) in [6.45, 7) is 12.3. The predicted molar refractivity (Wildman–Crippen MR) is 90.9 cm³/mol. The Balaban J connectivity index is 1.48. The Labute approximate surface area is 145 Å². The number of fused-ring (bicyclic) bond motifs is 2. The average Bonchev–Trinajstić information content (AvgIpc) is 2.58. The maximum atomic E-state index is 12.6. The van der Waals surface area contributed by atoms with E-state index in [1.807, 2.05) is 13.8 Å². The second-order valence-corrected chi connectivity index (χ2v) is 8.27. The van der Waals surface area contributed by atoms with Crippen LogP contribution in [0.25, 0.3) is 0 Å². The zero-order valence-electron chi connectivity index (χ0n) is 15.1. The van der Waals surface area contributed by atoms with Crippen LogP contribution in [0.5, 0.6) is 0 Å². The van der Waals surface area contributed by atoms with Crippen LogP contribution in [-0.2, 0) is 14.3 Å². The average molecular weight is 337 g/mol. The number of ether oxygens (including phenoxy) is 2. The van der Waals surface area contributed by atoms with E-state index in [0.29, 0.717) is 18.0 Å². The largest absolute Gasteiger partial charge is 0.381 e. The van der Waals surface area contributed by atoms with Crippen LogP contribution in [0.1, 0.15) is 26.7 Å². The van der Waals surface area contributed by atoms with Crippen LogP contribution >= 0.6 is 0 Å². The molecule has 1 amide bonds. The van der Waals surface area contributed by atoms with E-state index in [0.717, 1.165) is 72.0 Å². The van der Waals surface area contributed by atoms with Gasteiger partial charge in [-0.05, 0) is 12.8 Å². The molecule has 4 rings (SSSR count). The summed E-state index contributed by atoms with van der Waals surface area (Å²) in [5.74, 6) is 0.369. The van der Waals surface area contributed by atoms with Gasteiger partial charge in [-0.1, -0.05) is 13.8 Å². The van der Waals surface area contributed by atoms with Gasteiger partial charge >= 0.3 is 0 Å². The molecule has 1 spiro atoms. The smallest absolute Gasteiger partial charge is 0.225 e. The SMILES string of the molecule is CC(C)C(=O)N1CC2COCCN2C2(C1)CN(C1CCOCC1)C2. The van der Waals surface area contributed by atoms with Gasteiger partial charge in [0.1, 0.15) is 0 Å². The number of morpholine rings is 1. The van der Waals surface area contributed by atoms with Crippen LogP contribution in [0.2, 0.25) is 0 Å². The van der Waals surface area contributed by atoms with Crippen molar-refractivity contribution in [3.8, 4) is 0 Å². The normalized spacial score (nSPS) is 32.0. The first-order valence-electron chi connectivity index (χ1n) is 9.54. The molecule has 4 aliphatic heterocycles. The number of carbonyl (C=O) groups is 1. The maximum Gasteiger partial charge on any atom is 0.225 e. The van der Waals surface area contributed by atoms with Crippen LogP contribution in [0.4, 0.5) is 0 Å². The second-order valence-electron chi connectivity index (χ2n) is 8.27. The van der Waals surface area contributed by atoms with Gasteiger partial charge in [0.05, 0.1) is 24.8 Å². The predicted octanol–water partition coefficient (Wildman–Crippen LogP) is 0.419. The number of rotatable bonds is 2. The van der Waals surface area contributed by atoms with Gasteiger partial charge in [-0.15, -0.1) is 0 Å². The summed E-state index contributed by atoms with van der Waals surface area (Å²) >= 11 is 0. The van der Waals surface area contributed by atoms with Gasteiger partial charge in [0.2, 0.25) is 5.91 Å². The number of hydrogen-bond acceptors (Lipinski definition) is 5. The fraction of sp³-hybridized carbons (Fsp3) is 0.944. The lowest BCUT2D eigenvalue weighted by atomic mass is 9.80. The summed E-state index contributed by atoms with van der Waals surface area (Å²) in [4.78, 5) is 20.0. The van der Waals surface area contributed by atoms with Crippen LogP contribution in [-0.4, -0.2) is 97.4 Å². The molecule has 0 aromatic heterocycles. The Kier molecular flexibility index (Phi) is 4.58. The molecule has 0 bridgehead atoms. The zero-order chi connectivity index (χ0) is 16.7. The molecule has 4 heterocycles. The van der Waals surface area contributed by atoms with Crippen LogP contribution in [0.3, 0.4) is 0 Å². The summed E-state index contributed by atoms with van der Waals surface area (Å²) in [6, 6.07) is 1.03. The highest BCUT2D eigenvalue weighted by Gasteiger charge is 2.56. The monoisotopic (exact) mass is 337 g/mol. The van der Waals surface area contributed by atoms with Gasteiger partial charge in [-0.3, -0.25) is 14.6 Å². The Bertz CT molecular complexity index is 472. The van der Waals surface area contributed by atoms with E-state index >= 15 is 0 Å². The standard InChI is InChI=1S/C18H31N3O3/c1-14(2)17(22)19-9-16-10-24-8-5-21(16)18(11-19)12-20(13-18)15-3-6-23-7-4-15/h14-16H,3-13H2,1-2H3. The summed E-state index contributed by atoms with van der Waals surface area (Å²) in [5.41, 5.74) is 0.148. The number of nitrogens with zero attached hydrogens (tertiary/aromatic N) is 3. The molecule has 0 aliphatic carbocycles. The highest BCUT2D eigenvalue weighted by molar-refractivity contribution is 5.78. The lowest BCUT2D eigenvalue weighted by molar-refractivity contribution is -0.184. The van der Waals surface area contributed by atoms with Crippen molar-refractivity contribution in [3.63, 3.8) is 0 Å². The molecule has 136 valence electrons. The van der Waals surface area contributed by atoms with Gasteiger partial charge in [0.15, 0.2) is 0 Å². The Morgan fingerprint density at radius 3 is 2.50 bits per heavy atom. The van der Waals surface area contributed by atoms with Crippen molar-refractivity contribution in [1.29, 1.82) is 0 Å². The third-order valence-electron chi connectivity index (χ3n) is 6.26. The van der Waals surface area contributed by atoms with E-state index in [4.69, 9.17) is 9.47 Å². The molecule has 0 radical (unpaired) electrons. The first-order chi connectivity index (χ1) is 11.6. The van der Waals surface area contributed by atoms with E-state index in [1.165, 1.54) is 0 Å². The molecule has 4 aliphatic rings. The van der Waals surface area contributed by atoms with Gasteiger partial charge in [0.25, 0.3) is 0 Å². The zero-order valence-corrected chi connectivity index (χ0v) is 15.1. The second kappa shape index (κ2) is 6.56. The Morgan fingerprint density at radius 2 is 1.79 bits per heavy atom. The Morgan fingerprint density at radius 1 is 1.04 bits per heavy atom. The van der Waals surface area contributed by atoms with Crippen molar-refractivity contribution in [1.82, 2.24) is 14.7 Å². The molecule has 0 aromatic carbocycles. The van der Waals surface area contributed by atoms with Crippen LogP contribution in [0, 0.1) is 5.92 Å². The van der Waals surface area contributed by atoms with Crippen LogP contribution < -0.4 is 0 Å². The number of likely N-dealkylation sites (tertiary alicyclic amines) is 1. The minimum Gasteiger partial charge on any atom is -0.381 e.